The van der Waals surface area contributed by atoms with E-state index in [1.165, 1.54) is 12.8 Å². The number of furan rings is 1. The van der Waals surface area contributed by atoms with E-state index in [1.54, 1.807) is 13.4 Å². The lowest BCUT2D eigenvalue weighted by Crippen LogP contribution is -2.30. The lowest BCUT2D eigenvalue weighted by Gasteiger charge is -2.24. The third kappa shape index (κ3) is 5.12. The van der Waals surface area contributed by atoms with Gasteiger partial charge in [-0.05, 0) is 50.2 Å². The van der Waals surface area contributed by atoms with Crippen LogP contribution >= 0.6 is 24.0 Å². The molecule has 1 fully saturated rings. The smallest absolute Gasteiger partial charge is 0.193 e. The Bertz CT molecular complexity index is 669. The van der Waals surface area contributed by atoms with E-state index < -0.39 is 0 Å². The summed E-state index contributed by atoms with van der Waals surface area (Å²) in [6.45, 7) is 2.70. The van der Waals surface area contributed by atoms with Crippen LogP contribution in [0, 0.1) is 0 Å². The molecule has 3 N–H and O–H groups in total. The second kappa shape index (κ2) is 9.67. The first-order chi connectivity index (χ1) is 11.8. The number of benzene rings is 1. The van der Waals surface area contributed by atoms with Crippen molar-refractivity contribution in [2.45, 2.75) is 18.9 Å². The van der Waals surface area contributed by atoms with Crippen molar-refractivity contribution in [3.63, 3.8) is 0 Å². The molecular weight excluding hydrogens is 431 g/mol. The van der Waals surface area contributed by atoms with Gasteiger partial charge in [-0.25, -0.2) is 0 Å². The van der Waals surface area contributed by atoms with Crippen molar-refractivity contribution in [1.82, 2.24) is 4.90 Å². The highest BCUT2D eigenvalue weighted by atomic mass is 127. The Morgan fingerprint density at radius 2 is 2.04 bits per heavy atom. The third-order valence-corrected chi connectivity index (χ3v) is 4.26. The van der Waals surface area contributed by atoms with Gasteiger partial charge < -0.3 is 20.2 Å². The lowest BCUT2D eigenvalue weighted by molar-refractivity contribution is 0.221. The maximum absolute atomic E-state index is 6.06. The number of likely N-dealkylation sites (tertiary alicyclic amines) is 1. The van der Waals surface area contributed by atoms with E-state index in [2.05, 4.69) is 15.2 Å². The van der Waals surface area contributed by atoms with E-state index in [-0.39, 0.29) is 30.0 Å². The molecule has 1 aromatic heterocycles. The van der Waals surface area contributed by atoms with E-state index >= 15 is 0 Å². The summed E-state index contributed by atoms with van der Waals surface area (Å²) in [6.07, 6.45) is 4.14. The van der Waals surface area contributed by atoms with Crippen LogP contribution in [0.4, 0.5) is 5.69 Å². The summed E-state index contributed by atoms with van der Waals surface area (Å²) in [4.78, 5) is 6.92. The normalized spacial score (nSPS) is 16.3. The van der Waals surface area contributed by atoms with Gasteiger partial charge in [0.25, 0.3) is 0 Å². The van der Waals surface area contributed by atoms with Gasteiger partial charge in [0.15, 0.2) is 5.96 Å². The molecule has 7 heteroatoms. The first kappa shape index (κ1) is 19.6. The molecule has 3 rings (SSSR count). The van der Waals surface area contributed by atoms with E-state index in [1.807, 2.05) is 36.4 Å². The second-order valence-electron chi connectivity index (χ2n) is 5.83. The highest BCUT2D eigenvalue weighted by Crippen LogP contribution is 2.26. The number of nitrogens with zero attached hydrogens (tertiary/aromatic N) is 2. The van der Waals surface area contributed by atoms with Gasteiger partial charge >= 0.3 is 0 Å². The molecule has 0 radical (unpaired) electrons. The molecule has 0 bridgehead atoms. The Labute approximate surface area is 165 Å². The van der Waals surface area contributed by atoms with Gasteiger partial charge in [0.05, 0.1) is 31.6 Å². The van der Waals surface area contributed by atoms with Crippen molar-refractivity contribution in [3.05, 3.63) is 48.4 Å². The van der Waals surface area contributed by atoms with Crippen LogP contribution < -0.4 is 15.8 Å². The van der Waals surface area contributed by atoms with E-state index in [0.29, 0.717) is 12.5 Å². The number of hydrogen-bond donors (Lipinski definition) is 2. The molecule has 1 unspecified atom stereocenters. The van der Waals surface area contributed by atoms with E-state index in [9.17, 15) is 0 Å². The molecule has 6 nitrogen and oxygen atoms in total. The number of halogens is 1. The number of ether oxygens (including phenoxy) is 1. The summed E-state index contributed by atoms with van der Waals surface area (Å²) in [5.41, 5.74) is 6.87. The van der Waals surface area contributed by atoms with Gasteiger partial charge in [-0.15, -0.1) is 24.0 Å². The summed E-state index contributed by atoms with van der Waals surface area (Å²) in [6, 6.07) is 11.7. The number of hydrogen-bond acceptors (Lipinski definition) is 4. The average molecular weight is 456 g/mol. The molecule has 1 atom stereocenters. The number of nitrogens with one attached hydrogen (secondary N) is 1. The fraction of sp³-hybridized carbons (Fsp3) is 0.389. The van der Waals surface area contributed by atoms with Crippen molar-refractivity contribution in [1.29, 1.82) is 0 Å². The topological polar surface area (TPSA) is 76.0 Å². The Balaban J connectivity index is 0.00000225. The van der Waals surface area contributed by atoms with Crippen molar-refractivity contribution >= 4 is 35.6 Å². The quantitative estimate of drug-likeness (QED) is 0.396. The number of rotatable bonds is 6. The zero-order valence-corrected chi connectivity index (χ0v) is 16.7. The van der Waals surface area contributed by atoms with Crippen LogP contribution in [0.15, 0.2) is 52.1 Å². The number of guanidine groups is 1. The molecule has 0 aliphatic carbocycles. The van der Waals surface area contributed by atoms with Crippen molar-refractivity contribution in [2.75, 3.05) is 32.1 Å². The lowest BCUT2D eigenvalue weighted by atomic mass is 10.2. The maximum Gasteiger partial charge on any atom is 0.193 e. The van der Waals surface area contributed by atoms with Gasteiger partial charge in [0.2, 0.25) is 0 Å². The molecule has 2 aromatic rings. The summed E-state index contributed by atoms with van der Waals surface area (Å²) in [7, 11) is 1.63. The SMILES string of the molecule is COc1ccccc1NC(N)=NCC(c1ccco1)N1CCCC1.I. The molecular formula is C18H25IN4O2. The summed E-state index contributed by atoms with van der Waals surface area (Å²) < 4.78 is 10.9. The van der Waals surface area contributed by atoms with Crippen molar-refractivity contribution in [3.8, 4) is 5.75 Å². The van der Waals surface area contributed by atoms with Gasteiger partial charge in [0.1, 0.15) is 11.5 Å². The Kier molecular flexibility index (Phi) is 7.57. The maximum atomic E-state index is 6.06. The van der Waals surface area contributed by atoms with E-state index in [0.717, 1.165) is 30.3 Å². The standard InChI is InChI=1S/C18H24N4O2.HI/c1-23-16-8-3-2-7-14(16)21-18(19)20-13-15(17-9-6-12-24-17)22-10-4-5-11-22;/h2-3,6-9,12,15H,4-5,10-11,13H2,1H3,(H3,19,20,21);1H. The van der Waals surface area contributed by atoms with Crippen LogP contribution in [0.2, 0.25) is 0 Å². The van der Waals surface area contributed by atoms with Crippen molar-refractivity contribution in [2.24, 2.45) is 10.7 Å². The summed E-state index contributed by atoms with van der Waals surface area (Å²) >= 11 is 0. The van der Waals surface area contributed by atoms with Gasteiger partial charge in [-0.3, -0.25) is 9.89 Å². The monoisotopic (exact) mass is 456 g/mol. The Morgan fingerprint density at radius 3 is 2.72 bits per heavy atom. The second-order valence-corrected chi connectivity index (χ2v) is 5.83. The molecule has 0 saturated carbocycles. The Morgan fingerprint density at radius 1 is 1.28 bits per heavy atom. The minimum absolute atomic E-state index is 0. The molecule has 2 heterocycles. The van der Waals surface area contributed by atoms with Crippen molar-refractivity contribution < 1.29 is 9.15 Å². The molecule has 25 heavy (non-hydrogen) atoms. The van der Waals surface area contributed by atoms with Crippen LogP contribution in [0.1, 0.15) is 24.6 Å². The third-order valence-electron chi connectivity index (χ3n) is 4.26. The number of aliphatic imine (C=N–C) groups is 1. The number of nitrogens with two attached hydrogens (primary N) is 1. The molecule has 1 aliphatic heterocycles. The molecule has 1 aliphatic rings. The van der Waals surface area contributed by atoms with Crippen LogP contribution in [-0.2, 0) is 0 Å². The number of methoxy groups -OCH3 is 1. The first-order valence-electron chi connectivity index (χ1n) is 8.25. The average Bonchev–Trinajstić information content (AvgIpc) is 3.30. The minimum Gasteiger partial charge on any atom is -0.495 e. The van der Waals surface area contributed by atoms with Gasteiger partial charge in [-0.2, -0.15) is 0 Å². The fourth-order valence-corrected chi connectivity index (χ4v) is 3.03. The molecule has 0 spiro atoms. The van der Waals surface area contributed by atoms with E-state index in [4.69, 9.17) is 14.9 Å². The van der Waals surface area contributed by atoms with Crippen LogP contribution in [0.3, 0.4) is 0 Å². The first-order valence-corrected chi connectivity index (χ1v) is 8.25. The molecule has 0 amide bonds. The largest absolute Gasteiger partial charge is 0.495 e. The predicted octanol–water partition coefficient (Wildman–Crippen LogP) is 3.47. The number of para-hydroxylation sites is 2. The predicted molar refractivity (Wildman–Crippen MR) is 111 cm³/mol. The highest BCUT2D eigenvalue weighted by Gasteiger charge is 2.25. The summed E-state index contributed by atoms with van der Waals surface area (Å²) in [5, 5.41) is 3.11. The minimum atomic E-state index is 0. The molecule has 136 valence electrons. The van der Waals surface area contributed by atoms with Gasteiger partial charge in [0, 0.05) is 0 Å². The zero-order valence-electron chi connectivity index (χ0n) is 14.4. The van der Waals surface area contributed by atoms with Crippen LogP contribution in [0.5, 0.6) is 5.75 Å². The zero-order chi connectivity index (χ0) is 16.8. The van der Waals surface area contributed by atoms with Crippen LogP contribution in [-0.4, -0.2) is 37.6 Å². The number of anilines is 1. The summed E-state index contributed by atoms with van der Waals surface area (Å²) in [5.74, 6) is 2.04. The van der Waals surface area contributed by atoms with Crippen LogP contribution in [0.25, 0.3) is 0 Å². The van der Waals surface area contributed by atoms with Gasteiger partial charge in [-0.1, -0.05) is 12.1 Å². The fourth-order valence-electron chi connectivity index (χ4n) is 3.03. The highest BCUT2D eigenvalue weighted by molar-refractivity contribution is 14.0. The molecule has 1 aromatic carbocycles. The molecule has 1 saturated heterocycles. The Hall–Kier alpha value is -1.74.